The largest absolute Gasteiger partial charge is 0.358 e. The molecule has 2 aromatic rings. The van der Waals surface area contributed by atoms with Gasteiger partial charge < -0.3 is 10.6 Å². The van der Waals surface area contributed by atoms with Crippen LogP contribution < -0.4 is 16.0 Å². The first-order valence-electron chi connectivity index (χ1n) is 6.84. The highest BCUT2D eigenvalue weighted by Crippen LogP contribution is 2.18. The minimum atomic E-state index is -0.450. The average Bonchev–Trinajstić information content (AvgIpc) is 2.51. The lowest BCUT2D eigenvalue weighted by Gasteiger charge is -2.14. The summed E-state index contributed by atoms with van der Waals surface area (Å²) in [6.07, 6.45) is 0. The Labute approximate surface area is 123 Å². The van der Waals surface area contributed by atoms with Gasteiger partial charge in [-0.3, -0.25) is 14.9 Å². The van der Waals surface area contributed by atoms with Crippen LogP contribution in [0.4, 0.5) is 5.69 Å². The van der Waals surface area contributed by atoms with E-state index < -0.39 is 6.04 Å². The Balaban J connectivity index is 1.98. The van der Waals surface area contributed by atoms with Gasteiger partial charge in [0, 0.05) is 12.7 Å². The number of anilines is 1. The van der Waals surface area contributed by atoms with Gasteiger partial charge in [-0.15, -0.1) is 0 Å². The van der Waals surface area contributed by atoms with Crippen molar-refractivity contribution >= 4 is 28.3 Å². The fourth-order valence-electron chi connectivity index (χ4n) is 1.94. The van der Waals surface area contributed by atoms with Crippen molar-refractivity contribution in [1.29, 1.82) is 0 Å². The zero-order valence-corrected chi connectivity index (χ0v) is 12.1. The molecule has 0 unspecified atom stereocenters. The summed E-state index contributed by atoms with van der Waals surface area (Å²) in [5.74, 6) is -0.325. The van der Waals surface area contributed by atoms with Gasteiger partial charge in [0.1, 0.15) is 0 Å². The average molecular weight is 285 g/mol. The summed E-state index contributed by atoms with van der Waals surface area (Å²) in [6, 6.07) is 13.3. The first-order chi connectivity index (χ1) is 10.1. The summed E-state index contributed by atoms with van der Waals surface area (Å²) < 4.78 is 0. The van der Waals surface area contributed by atoms with Gasteiger partial charge in [-0.1, -0.05) is 30.3 Å². The van der Waals surface area contributed by atoms with Crippen molar-refractivity contribution in [2.75, 3.05) is 18.9 Å². The molecule has 2 aromatic carbocycles. The van der Waals surface area contributed by atoms with E-state index in [1.807, 2.05) is 42.5 Å². The second kappa shape index (κ2) is 6.85. The molecule has 0 bridgehead atoms. The molecule has 3 N–H and O–H groups in total. The van der Waals surface area contributed by atoms with Crippen LogP contribution >= 0.6 is 0 Å². The maximum atomic E-state index is 12.0. The monoisotopic (exact) mass is 285 g/mol. The van der Waals surface area contributed by atoms with Crippen LogP contribution in [0.1, 0.15) is 6.92 Å². The number of nitrogens with one attached hydrogen (secondary N) is 3. The molecule has 2 rings (SSSR count). The van der Waals surface area contributed by atoms with E-state index in [-0.39, 0.29) is 18.4 Å². The van der Waals surface area contributed by atoms with Crippen molar-refractivity contribution in [2.24, 2.45) is 0 Å². The Hall–Kier alpha value is -2.40. The number of fused-ring (bicyclic) bond motifs is 1. The second-order valence-corrected chi connectivity index (χ2v) is 4.83. The van der Waals surface area contributed by atoms with Crippen LogP contribution in [0.3, 0.4) is 0 Å². The molecule has 21 heavy (non-hydrogen) atoms. The first kappa shape index (κ1) is 15.0. The van der Waals surface area contributed by atoms with Gasteiger partial charge in [-0.2, -0.15) is 0 Å². The van der Waals surface area contributed by atoms with Crippen LogP contribution in [0.15, 0.2) is 42.5 Å². The fourth-order valence-corrected chi connectivity index (χ4v) is 1.94. The van der Waals surface area contributed by atoms with E-state index in [9.17, 15) is 9.59 Å². The van der Waals surface area contributed by atoms with E-state index in [0.29, 0.717) is 0 Å². The van der Waals surface area contributed by atoms with Crippen molar-refractivity contribution < 1.29 is 9.59 Å². The Kier molecular flexibility index (Phi) is 4.90. The van der Waals surface area contributed by atoms with Gasteiger partial charge in [-0.05, 0) is 29.8 Å². The van der Waals surface area contributed by atoms with E-state index in [4.69, 9.17) is 0 Å². The van der Waals surface area contributed by atoms with Crippen LogP contribution in [-0.2, 0) is 9.59 Å². The molecule has 110 valence electrons. The fraction of sp³-hybridized carbons (Fsp3) is 0.250. The van der Waals surface area contributed by atoms with E-state index in [1.165, 1.54) is 0 Å². The van der Waals surface area contributed by atoms with Crippen molar-refractivity contribution in [3.05, 3.63) is 42.5 Å². The van der Waals surface area contributed by atoms with Gasteiger partial charge in [0.05, 0.1) is 12.6 Å². The lowest BCUT2D eigenvalue weighted by atomic mass is 10.1. The highest BCUT2D eigenvalue weighted by molar-refractivity contribution is 5.97. The molecule has 0 saturated carbocycles. The zero-order valence-electron chi connectivity index (χ0n) is 12.1. The first-order valence-corrected chi connectivity index (χ1v) is 6.84. The predicted molar refractivity (Wildman–Crippen MR) is 84.1 cm³/mol. The predicted octanol–water partition coefficient (Wildman–Crippen LogP) is 1.50. The maximum absolute atomic E-state index is 12.0. The summed E-state index contributed by atoms with van der Waals surface area (Å²) in [5, 5.41) is 10.4. The lowest BCUT2D eigenvalue weighted by molar-refractivity contribution is -0.120. The molecule has 0 spiro atoms. The number of carbonyl (C=O) groups is 2. The summed E-state index contributed by atoms with van der Waals surface area (Å²) in [5.41, 5.74) is 0.743. The normalized spacial score (nSPS) is 11.9. The van der Waals surface area contributed by atoms with Crippen LogP contribution in [-0.4, -0.2) is 31.4 Å². The standard InChI is InChI=1S/C16H19N3O2/c1-11(18-10-15(20)17-2)16(21)19-14-8-7-12-5-3-4-6-13(12)9-14/h3-9,11,18H,10H2,1-2H3,(H,17,20)(H,19,21)/t11-/m0/s1. The van der Waals surface area contributed by atoms with E-state index >= 15 is 0 Å². The third-order valence-electron chi connectivity index (χ3n) is 3.26. The van der Waals surface area contributed by atoms with Crippen LogP contribution in [0.5, 0.6) is 0 Å². The Morgan fingerprint density at radius 3 is 2.52 bits per heavy atom. The molecule has 0 aromatic heterocycles. The SMILES string of the molecule is CNC(=O)CN[C@@H](C)C(=O)Nc1ccc2ccccc2c1. The van der Waals surface area contributed by atoms with Gasteiger partial charge in [0.15, 0.2) is 0 Å². The van der Waals surface area contributed by atoms with Gasteiger partial charge in [-0.25, -0.2) is 0 Å². The minimum Gasteiger partial charge on any atom is -0.358 e. The number of benzene rings is 2. The lowest BCUT2D eigenvalue weighted by Crippen LogP contribution is -2.42. The summed E-state index contributed by atoms with van der Waals surface area (Å²) in [6.45, 7) is 1.84. The van der Waals surface area contributed by atoms with Crippen LogP contribution in [0, 0.1) is 0 Å². The summed E-state index contributed by atoms with van der Waals surface area (Å²) in [4.78, 5) is 23.2. The third kappa shape index (κ3) is 4.03. The van der Waals surface area contributed by atoms with Gasteiger partial charge in [0.25, 0.3) is 0 Å². The number of hydrogen-bond acceptors (Lipinski definition) is 3. The molecule has 0 heterocycles. The minimum absolute atomic E-state index is 0.114. The Morgan fingerprint density at radius 1 is 1.10 bits per heavy atom. The molecular formula is C16H19N3O2. The number of likely N-dealkylation sites (N-methyl/N-ethyl adjacent to an activating group) is 1. The van der Waals surface area contributed by atoms with Crippen molar-refractivity contribution in [1.82, 2.24) is 10.6 Å². The molecule has 0 aliphatic carbocycles. The second-order valence-electron chi connectivity index (χ2n) is 4.83. The summed E-state index contributed by atoms with van der Waals surface area (Å²) >= 11 is 0. The van der Waals surface area contributed by atoms with E-state index in [2.05, 4.69) is 16.0 Å². The molecule has 2 amide bonds. The van der Waals surface area contributed by atoms with Crippen molar-refractivity contribution in [3.8, 4) is 0 Å². The number of carbonyl (C=O) groups excluding carboxylic acids is 2. The highest BCUT2D eigenvalue weighted by atomic mass is 16.2. The molecule has 0 fully saturated rings. The third-order valence-corrected chi connectivity index (χ3v) is 3.26. The highest BCUT2D eigenvalue weighted by Gasteiger charge is 2.13. The van der Waals surface area contributed by atoms with Crippen molar-refractivity contribution in [3.63, 3.8) is 0 Å². The van der Waals surface area contributed by atoms with E-state index in [1.54, 1.807) is 14.0 Å². The molecule has 5 heteroatoms. The molecule has 0 aliphatic rings. The van der Waals surface area contributed by atoms with E-state index in [0.717, 1.165) is 16.5 Å². The summed E-state index contributed by atoms with van der Waals surface area (Å²) in [7, 11) is 1.56. The quantitative estimate of drug-likeness (QED) is 0.780. The maximum Gasteiger partial charge on any atom is 0.241 e. The molecular weight excluding hydrogens is 266 g/mol. The smallest absolute Gasteiger partial charge is 0.241 e. The van der Waals surface area contributed by atoms with Crippen LogP contribution in [0.2, 0.25) is 0 Å². The van der Waals surface area contributed by atoms with Gasteiger partial charge >= 0.3 is 0 Å². The Bertz CT molecular complexity index is 655. The van der Waals surface area contributed by atoms with Gasteiger partial charge in [0.2, 0.25) is 11.8 Å². The number of rotatable bonds is 5. The van der Waals surface area contributed by atoms with Crippen LogP contribution in [0.25, 0.3) is 10.8 Å². The molecule has 0 aliphatic heterocycles. The topological polar surface area (TPSA) is 70.2 Å². The number of hydrogen-bond donors (Lipinski definition) is 3. The molecule has 0 radical (unpaired) electrons. The molecule has 0 saturated heterocycles. The Morgan fingerprint density at radius 2 is 1.81 bits per heavy atom. The molecule has 1 atom stereocenters. The molecule has 5 nitrogen and oxygen atoms in total. The number of amides is 2. The van der Waals surface area contributed by atoms with Crippen molar-refractivity contribution in [2.45, 2.75) is 13.0 Å². The zero-order chi connectivity index (χ0) is 15.2.